The highest BCUT2D eigenvalue weighted by Gasteiger charge is 1.98. The van der Waals surface area contributed by atoms with Crippen molar-refractivity contribution in [1.29, 1.82) is 0 Å². The van der Waals surface area contributed by atoms with Gasteiger partial charge in [-0.15, -0.1) is 0 Å². The third-order valence-corrected chi connectivity index (χ3v) is 2.42. The van der Waals surface area contributed by atoms with Gasteiger partial charge in [0.05, 0.1) is 0 Å². The molecule has 0 aliphatic carbocycles. The Morgan fingerprint density at radius 1 is 1.14 bits per heavy atom. The third kappa shape index (κ3) is 1.79. The van der Waals surface area contributed by atoms with Crippen LogP contribution in [0.15, 0.2) is 42.6 Å². The van der Waals surface area contributed by atoms with Crippen LogP contribution in [0.5, 0.6) is 0 Å². The van der Waals surface area contributed by atoms with E-state index in [1.165, 1.54) is 11.3 Å². The number of nitrogens with two attached hydrogens (primary N) is 1. The van der Waals surface area contributed by atoms with Crippen molar-refractivity contribution in [3.8, 4) is 0 Å². The number of anilines is 1. The first kappa shape index (κ1) is 8.88. The predicted molar refractivity (Wildman–Crippen MR) is 59.1 cm³/mol. The molecule has 2 N–H and O–H groups in total. The SMILES string of the molecule is Cn1cccc1Cc1ccc(N)cc1. The fraction of sp³-hybridized carbons (Fsp3) is 0.167. The largest absolute Gasteiger partial charge is 0.399 e. The molecule has 14 heavy (non-hydrogen) atoms. The molecule has 0 aliphatic rings. The zero-order valence-electron chi connectivity index (χ0n) is 8.27. The van der Waals surface area contributed by atoms with Crippen LogP contribution in [0, 0.1) is 0 Å². The van der Waals surface area contributed by atoms with E-state index in [1.807, 2.05) is 12.1 Å². The van der Waals surface area contributed by atoms with E-state index < -0.39 is 0 Å². The van der Waals surface area contributed by atoms with Gasteiger partial charge in [0.2, 0.25) is 0 Å². The van der Waals surface area contributed by atoms with Crippen LogP contribution in [0.1, 0.15) is 11.3 Å². The Balaban J connectivity index is 2.19. The van der Waals surface area contributed by atoms with Crippen LogP contribution in [0.4, 0.5) is 5.69 Å². The molecule has 0 amide bonds. The summed E-state index contributed by atoms with van der Waals surface area (Å²) in [6, 6.07) is 12.2. The molecule has 2 aromatic rings. The second-order valence-electron chi connectivity index (χ2n) is 3.53. The van der Waals surface area contributed by atoms with Crippen molar-refractivity contribution < 1.29 is 0 Å². The van der Waals surface area contributed by atoms with Crippen molar-refractivity contribution in [1.82, 2.24) is 4.57 Å². The zero-order chi connectivity index (χ0) is 9.97. The summed E-state index contributed by atoms with van der Waals surface area (Å²) in [6.45, 7) is 0. The molecule has 0 saturated carbocycles. The lowest BCUT2D eigenvalue weighted by atomic mass is 10.1. The van der Waals surface area contributed by atoms with Gasteiger partial charge in [-0.05, 0) is 29.8 Å². The molecule has 0 saturated heterocycles. The van der Waals surface area contributed by atoms with E-state index in [2.05, 4.69) is 42.1 Å². The first-order valence-corrected chi connectivity index (χ1v) is 4.70. The minimum absolute atomic E-state index is 0.820. The Kier molecular flexibility index (Phi) is 2.27. The van der Waals surface area contributed by atoms with Crippen LogP contribution < -0.4 is 5.73 Å². The average Bonchev–Trinajstić information content (AvgIpc) is 2.56. The minimum Gasteiger partial charge on any atom is -0.399 e. The van der Waals surface area contributed by atoms with E-state index in [9.17, 15) is 0 Å². The molecule has 2 nitrogen and oxygen atoms in total. The fourth-order valence-corrected chi connectivity index (χ4v) is 1.52. The molecule has 2 rings (SSSR count). The summed E-state index contributed by atoms with van der Waals surface area (Å²) in [5.74, 6) is 0. The highest BCUT2D eigenvalue weighted by molar-refractivity contribution is 5.40. The standard InChI is InChI=1S/C12H14N2/c1-14-8-2-3-12(14)9-10-4-6-11(13)7-5-10/h2-8H,9,13H2,1H3. The summed E-state index contributed by atoms with van der Waals surface area (Å²) in [4.78, 5) is 0. The lowest BCUT2D eigenvalue weighted by Gasteiger charge is -2.03. The Morgan fingerprint density at radius 2 is 1.86 bits per heavy atom. The molecule has 0 spiro atoms. The molecule has 0 unspecified atom stereocenters. The van der Waals surface area contributed by atoms with Crippen LogP contribution in [0.3, 0.4) is 0 Å². The number of nitrogens with zero attached hydrogens (tertiary/aromatic N) is 1. The van der Waals surface area contributed by atoms with Gasteiger partial charge >= 0.3 is 0 Å². The number of nitrogen functional groups attached to an aromatic ring is 1. The van der Waals surface area contributed by atoms with Gasteiger partial charge in [0, 0.05) is 31.0 Å². The van der Waals surface area contributed by atoms with Gasteiger partial charge in [-0.25, -0.2) is 0 Å². The predicted octanol–water partition coefficient (Wildman–Crippen LogP) is 2.20. The van der Waals surface area contributed by atoms with Gasteiger partial charge in [-0.1, -0.05) is 12.1 Å². The van der Waals surface area contributed by atoms with Gasteiger partial charge in [-0.2, -0.15) is 0 Å². The molecule has 1 aromatic carbocycles. The van der Waals surface area contributed by atoms with Crippen LogP contribution in [0.25, 0.3) is 0 Å². The lowest BCUT2D eigenvalue weighted by Crippen LogP contribution is -1.96. The third-order valence-electron chi connectivity index (χ3n) is 2.42. The zero-order valence-corrected chi connectivity index (χ0v) is 8.27. The molecule has 1 aromatic heterocycles. The number of hydrogen-bond donors (Lipinski definition) is 1. The van der Waals surface area contributed by atoms with Crippen molar-refractivity contribution >= 4 is 5.69 Å². The van der Waals surface area contributed by atoms with Crippen LogP contribution >= 0.6 is 0 Å². The highest BCUT2D eigenvalue weighted by Crippen LogP contribution is 2.11. The van der Waals surface area contributed by atoms with Crippen molar-refractivity contribution in [2.24, 2.45) is 7.05 Å². The first-order valence-electron chi connectivity index (χ1n) is 4.70. The number of benzene rings is 1. The molecular formula is C12H14N2. The topological polar surface area (TPSA) is 30.9 Å². The summed E-state index contributed by atoms with van der Waals surface area (Å²) >= 11 is 0. The van der Waals surface area contributed by atoms with Gasteiger partial charge in [-0.3, -0.25) is 0 Å². The maximum Gasteiger partial charge on any atom is 0.0314 e. The summed E-state index contributed by atoms with van der Waals surface area (Å²) in [5, 5.41) is 0. The molecule has 0 radical (unpaired) electrons. The second-order valence-corrected chi connectivity index (χ2v) is 3.53. The van der Waals surface area contributed by atoms with Crippen LogP contribution in [-0.2, 0) is 13.5 Å². The maximum absolute atomic E-state index is 5.62. The summed E-state index contributed by atoms with van der Waals surface area (Å²) < 4.78 is 2.14. The fourth-order valence-electron chi connectivity index (χ4n) is 1.52. The second kappa shape index (κ2) is 3.58. The number of aryl methyl sites for hydroxylation is 1. The lowest BCUT2D eigenvalue weighted by molar-refractivity contribution is 0.850. The van der Waals surface area contributed by atoms with Crippen LogP contribution in [-0.4, -0.2) is 4.57 Å². The molecule has 2 heteroatoms. The van der Waals surface area contributed by atoms with E-state index >= 15 is 0 Å². The van der Waals surface area contributed by atoms with Crippen molar-refractivity contribution in [3.63, 3.8) is 0 Å². The van der Waals surface area contributed by atoms with E-state index in [-0.39, 0.29) is 0 Å². The highest BCUT2D eigenvalue weighted by atomic mass is 14.9. The Bertz CT molecular complexity index is 412. The monoisotopic (exact) mass is 186 g/mol. The smallest absolute Gasteiger partial charge is 0.0314 e. The molecule has 72 valence electrons. The average molecular weight is 186 g/mol. The van der Waals surface area contributed by atoms with E-state index in [0.29, 0.717) is 0 Å². The first-order chi connectivity index (χ1) is 6.75. The quantitative estimate of drug-likeness (QED) is 0.716. The summed E-state index contributed by atoms with van der Waals surface area (Å²) in [6.07, 6.45) is 3.02. The number of hydrogen-bond acceptors (Lipinski definition) is 1. The molecule has 0 aliphatic heterocycles. The molecule has 1 heterocycles. The summed E-state index contributed by atoms with van der Waals surface area (Å²) in [5.41, 5.74) is 9.05. The maximum atomic E-state index is 5.62. The van der Waals surface area contributed by atoms with Gasteiger partial charge in [0.25, 0.3) is 0 Å². The van der Waals surface area contributed by atoms with Crippen LogP contribution in [0.2, 0.25) is 0 Å². The number of aromatic nitrogens is 1. The molecule has 0 bridgehead atoms. The van der Waals surface area contributed by atoms with Crippen molar-refractivity contribution in [2.75, 3.05) is 5.73 Å². The van der Waals surface area contributed by atoms with Gasteiger partial charge in [0.15, 0.2) is 0 Å². The molecule has 0 fully saturated rings. The number of rotatable bonds is 2. The molecule has 0 atom stereocenters. The van der Waals surface area contributed by atoms with Crippen molar-refractivity contribution in [2.45, 2.75) is 6.42 Å². The Morgan fingerprint density at radius 3 is 2.43 bits per heavy atom. The Hall–Kier alpha value is -1.70. The van der Waals surface area contributed by atoms with Gasteiger partial charge in [0.1, 0.15) is 0 Å². The molecular weight excluding hydrogens is 172 g/mol. The van der Waals surface area contributed by atoms with E-state index in [0.717, 1.165) is 12.1 Å². The minimum atomic E-state index is 0.820. The Labute approximate surface area is 84.0 Å². The van der Waals surface area contributed by atoms with E-state index in [1.54, 1.807) is 0 Å². The van der Waals surface area contributed by atoms with Crippen molar-refractivity contribution in [3.05, 3.63) is 53.9 Å². The normalized spacial score (nSPS) is 10.4. The van der Waals surface area contributed by atoms with Gasteiger partial charge < -0.3 is 10.3 Å². The summed E-state index contributed by atoms with van der Waals surface area (Å²) in [7, 11) is 2.06. The van der Waals surface area contributed by atoms with E-state index in [4.69, 9.17) is 5.73 Å².